The Balaban J connectivity index is 2.62. The predicted octanol–water partition coefficient (Wildman–Crippen LogP) is 10.9. The highest BCUT2D eigenvalue weighted by Gasteiger charge is 2.27. The third-order valence-corrected chi connectivity index (χ3v) is 7.70. The van der Waals surface area contributed by atoms with Crippen LogP contribution in [0.1, 0.15) is 101 Å². The van der Waals surface area contributed by atoms with Gasteiger partial charge in [0.05, 0.1) is 5.60 Å². The zero-order valence-corrected chi connectivity index (χ0v) is 28.2. The molecule has 0 spiro atoms. The van der Waals surface area contributed by atoms with Crippen LogP contribution in [0.2, 0.25) is 0 Å². The molecule has 0 aliphatic heterocycles. The van der Waals surface area contributed by atoms with Gasteiger partial charge in [0.25, 0.3) is 0 Å². The van der Waals surface area contributed by atoms with Crippen molar-refractivity contribution in [3.63, 3.8) is 0 Å². The van der Waals surface area contributed by atoms with Crippen molar-refractivity contribution in [2.24, 2.45) is 5.41 Å². The number of hydrogen-bond acceptors (Lipinski definition) is 2. The van der Waals surface area contributed by atoms with Crippen LogP contribution in [0.25, 0.3) is 0 Å². The third-order valence-electron chi connectivity index (χ3n) is 7.70. The summed E-state index contributed by atoms with van der Waals surface area (Å²) in [6.45, 7) is 21.1. The fraction of sp³-hybridized carbons (Fsp3) is 0.450. The monoisotopic (exact) mass is 570 g/mol. The summed E-state index contributed by atoms with van der Waals surface area (Å²) < 4.78 is 0. The standard InChI is InChI=1S/C40H58O2/c1-31(2)17-15-30-40(10,42)38(41)28-26-35(6)23-14-21-33(4)19-12-11-18-32(3)20-13-22-34(5)25-27-37-36(7)24-16-29-39(37,8)9/h11-14,17-23,25-28,38,41-42H,15-16,24,29-30H2,1-10H3/b12-11+,20-13+,21-14+,27-25+,28-26+,32-18+,33-19+,34-22+,35-23+/t38-,40+/m0/s1. The van der Waals surface area contributed by atoms with E-state index in [0.717, 1.165) is 17.6 Å². The quantitative estimate of drug-likeness (QED) is 0.161. The Morgan fingerprint density at radius 1 is 0.810 bits per heavy atom. The van der Waals surface area contributed by atoms with Crippen molar-refractivity contribution in [3.8, 4) is 0 Å². The molecule has 0 unspecified atom stereocenters. The maximum absolute atomic E-state index is 10.5. The molecule has 0 saturated heterocycles. The summed E-state index contributed by atoms with van der Waals surface area (Å²) in [6.07, 6.45) is 35.0. The van der Waals surface area contributed by atoms with Crippen molar-refractivity contribution in [1.29, 1.82) is 0 Å². The number of rotatable bonds is 14. The molecule has 0 radical (unpaired) electrons. The number of allylic oxidation sites excluding steroid dienone is 21. The molecule has 0 aromatic heterocycles. The summed E-state index contributed by atoms with van der Waals surface area (Å²) in [7, 11) is 0. The fourth-order valence-corrected chi connectivity index (χ4v) is 4.82. The lowest BCUT2D eigenvalue weighted by Gasteiger charge is -2.32. The van der Waals surface area contributed by atoms with Crippen LogP contribution in [-0.4, -0.2) is 21.9 Å². The van der Waals surface area contributed by atoms with E-state index in [4.69, 9.17) is 0 Å². The average molecular weight is 571 g/mol. The molecule has 42 heavy (non-hydrogen) atoms. The molecule has 1 rings (SSSR count). The van der Waals surface area contributed by atoms with Crippen LogP contribution >= 0.6 is 0 Å². The van der Waals surface area contributed by atoms with Gasteiger partial charge in [0, 0.05) is 0 Å². The summed E-state index contributed by atoms with van der Waals surface area (Å²) in [5.74, 6) is 0. The third kappa shape index (κ3) is 15.3. The SMILES string of the molecule is CC(C)=CCC[C@@](C)(O)[C@@H](O)/C=C/C(C)=C/C=C/C(C)=C/C=C/C=C(C)/C=C/C=C(C)/C=C/C1=C(C)CCCC1(C)C. The molecule has 0 bridgehead atoms. The van der Waals surface area contributed by atoms with Gasteiger partial charge < -0.3 is 10.2 Å². The van der Waals surface area contributed by atoms with Crippen molar-refractivity contribution < 1.29 is 10.2 Å². The molecule has 1 aliphatic carbocycles. The van der Waals surface area contributed by atoms with Crippen LogP contribution in [-0.2, 0) is 0 Å². The summed E-state index contributed by atoms with van der Waals surface area (Å²) in [6, 6.07) is 0. The molecule has 0 aromatic rings. The molecule has 2 atom stereocenters. The maximum atomic E-state index is 10.5. The molecule has 2 nitrogen and oxygen atoms in total. The Morgan fingerprint density at radius 3 is 1.83 bits per heavy atom. The van der Waals surface area contributed by atoms with Crippen LogP contribution in [0.3, 0.4) is 0 Å². The first-order chi connectivity index (χ1) is 19.6. The van der Waals surface area contributed by atoms with E-state index in [1.807, 2.05) is 45.1 Å². The molecule has 2 heteroatoms. The first-order valence-corrected chi connectivity index (χ1v) is 15.5. The van der Waals surface area contributed by atoms with Gasteiger partial charge in [0.2, 0.25) is 0 Å². The van der Waals surface area contributed by atoms with E-state index in [-0.39, 0.29) is 5.41 Å². The van der Waals surface area contributed by atoms with Crippen molar-refractivity contribution >= 4 is 0 Å². The van der Waals surface area contributed by atoms with Gasteiger partial charge in [-0.25, -0.2) is 0 Å². The summed E-state index contributed by atoms with van der Waals surface area (Å²) >= 11 is 0. The smallest absolute Gasteiger partial charge is 0.101 e. The van der Waals surface area contributed by atoms with Gasteiger partial charge in [-0.2, -0.15) is 0 Å². The second-order valence-electron chi connectivity index (χ2n) is 13.0. The second kappa shape index (κ2) is 18.6. The molecule has 0 saturated carbocycles. The number of hydrogen-bond donors (Lipinski definition) is 2. The Labute approximate surface area is 258 Å². The van der Waals surface area contributed by atoms with Gasteiger partial charge in [-0.05, 0) is 98.5 Å². The van der Waals surface area contributed by atoms with Gasteiger partial charge in [0.15, 0.2) is 0 Å². The molecule has 0 aromatic carbocycles. The van der Waals surface area contributed by atoms with Gasteiger partial charge >= 0.3 is 0 Å². The molecule has 1 aliphatic rings. The van der Waals surface area contributed by atoms with Gasteiger partial charge in [-0.1, -0.05) is 138 Å². The minimum absolute atomic E-state index is 0.273. The lowest BCUT2D eigenvalue weighted by molar-refractivity contribution is -0.0427. The van der Waals surface area contributed by atoms with Crippen LogP contribution in [0.4, 0.5) is 0 Å². The van der Waals surface area contributed by atoms with Gasteiger partial charge in [-0.15, -0.1) is 0 Å². The van der Waals surface area contributed by atoms with E-state index in [9.17, 15) is 10.2 Å². The molecule has 0 heterocycles. The normalized spacial score (nSPS) is 20.1. The Kier molecular flexibility index (Phi) is 16.4. The molecule has 230 valence electrons. The Bertz CT molecular complexity index is 1210. The lowest BCUT2D eigenvalue weighted by Crippen LogP contribution is -2.37. The van der Waals surface area contributed by atoms with E-state index >= 15 is 0 Å². The highest BCUT2D eigenvalue weighted by Crippen LogP contribution is 2.40. The second-order valence-corrected chi connectivity index (χ2v) is 13.0. The van der Waals surface area contributed by atoms with Gasteiger partial charge in [-0.3, -0.25) is 0 Å². The molecule has 2 N–H and O–H groups in total. The highest BCUT2D eigenvalue weighted by molar-refractivity contribution is 5.37. The first-order valence-electron chi connectivity index (χ1n) is 15.5. The van der Waals surface area contributed by atoms with Crippen molar-refractivity contribution in [3.05, 3.63) is 130 Å². The average Bonchev–Trinajstić information content (AvgIpc) is 2.88. The molecule has 0 fully saturated rings. The molecule has 0 amide bonds. The minimum atomic E-state index is -1.15. The summed E-state index contributed by atoms with van der Waals surface area (Å²) in [5, 5.41) is 20.9. The summed E-state index contributed by atoms with van der Waals surface area (Å²) in [4.78, 5) is 0. The Hall–Kier alpha value is -2.94. The topological polar surface area (TPSA) is 40.5 Å². The zero-order valence-electron chi connectivity index (χ0n) is 28.2. The minimum Gasteiger partial charge on any atom is -0.387 e. The van der Waals surface area contributed by atoms with E-state index < -0.39 is 11.7 Å². The number of aliphatic hydroxyl groups excluding tert-OH is 1. The van der Waals surface area contributed by atoms with E-state index in [0.29, 0.717) is 6.42 Å². The van der Waals surface area contributed by atoms with Crippen molar-refractivity contribution in [1.82, 2.24) is 0 Å². The fourth-order valence-electron chi connectivity index (χ4n) is 4.82. The molecular weight excluding hydrogens is 512 g/mol. The van der Waals surface area contributed by atoms with Crippen LogP contribution < -0.4 is 0 Å². The molecular formula is C40H58O2. The lowest BCUT2D eigenvalue weighted by atomic mass is 9.72. The maximum Gasteiger partial charge on any atom is 0.101 e. The Morgan fingerprint density at radius 2 is 1.31 bits per heavy atom. The van der Waals surface area contributed by atoms with E-state index in [2.05, 4.69) is 102 Å². The van der Waals surface area contributed by atoms with Crippen LogP contribution in [0.15, 0.2) is 130 Å². The zero-order chi connectivity index (χ0) is 31.8. The first kappa shape index (κ1) is 37.1. The van der Waals surface area contributed by atoms with Crippen LogP contribution in [0.5, 0.6) is 0 Å². The highest BCUT2D eigenvalue weighted by atomic mass is 16.3. The predicted molar refractivity (Wildman–Crippen MR) is 186 cm³/mol. The van der Waals surface area contributed by atoms with Crippen molar-refractivity contribution in [2.75, 3.05) is 0 Å². The van der Waals surface area contributed by atoms with E-state index in [1.165, 1.54) is 47.1 Å². The van der Waals surface area contributed by atoms with Crippen molar-refractivity contribution in [2.45, 2.75) is 113 Å². The number of aliphatic hydroxyl groups is 2. The van der Waals surface area contributed by atoms with Crippen LogP contribution in [0, 0.1) is 5.41 Å². The van der Waals surface area contributed by atoms with E-state index in [1.54, 1.807) is 13.0 Å². The summed E-state index contributed by atoms with van der Waals surface area (Å²) in [5.41, 5.74) is 7.95. The van der Waals surface area contributed by atoms with Gasteiger partial charge in [0.1, 0.15) is 6.10 Å². The largest absolute Gasteiger partial charge is 0.387 e.